The normalized spacial score (nSPS) is 10.2. The number of rotatable bonds is 3. The first-order valence-corrected chi connectivity index (χ1v) is 6.06. The first-order chi connectivity index (χ1) is 9.88. The average Bonchev–Trinajstić information content (AvgIpc) is 2.41. The zero-order valence-electron chi connectivity index (χ0n) is 10.5. The summed E-state index contributed by atoms with van der Waals surface area (Å²) in [4.78, 5) is 22.2. The molecule has 0 saturated carbocycles. The zero-order chi connectivity index (χ0) is 15.6. The highest BCUT2D eigenvalue weighted by Crippen LogP contribution is 2.28. The zero-order valence-corrected chi connectivity index (χ0v) is 11.2. The largest absolute Gasteiger partial charge is 0.396 e. The summed E-state index contributed by atoms with van der Waals surface area (Å²) in [5.41, 5.74) is 4.81. The van der Waals surface area contributed by atoms with E-state index in [1.165, 1.54) is 30.3 Å². The number of benzene rings is 2. The minimum Gasteiger partial charge on any atom is -0.396 e. The van der Waals surface area contributed by atoms with Crippen molar-refractivity contribution in [1.29, 1.82) is 0 Å². The van der Waals surface area contributed by atoms with Gasteiger partial charge in [0.2, 0.25) is 0 Å². The molecule has 2 aromatic rings. The van der Waals surface area contributed by atoms with Gasteiger partial charge in [0.05, 0.1) is 10.6 Å². The van der Waals surface area contributed by atoms with Gasteiger partial charge in [-0.15, -0.1) is 0 Å². The van der Waals surface area contributed by atoms with Crippen LogP contribution in [0.1, 0.15) is 10.4 Å². The van der Waals surface area contributed by atoms with E-state index >= 15 is 0 Å². The predicted molar refractivity (Wildman–Crippen MR) is 76.9 cm³/mol. The van der Waals surface area contributed by atoms with E-state index in [0.717, 1.165) is 6.07 Å². The van der Waals surface area contributed by atoms with E-state index in [0.29, 0.717) is 0 Å². The van der Waals surface area contributed by atoms with Crippen molar-refractivity contribution in [2.75, 3.05) is 11.1 Å². The smallest absolute Gasteiger partial charge is 0.292 e. The van der Waals surface area contributed by atoms with Crippen molar-refractivity contribution in [1.82, 2.24) is 0 Å². The summed E-state index contributed by atoms with van der Waals surface area (Å²) in [7, 11) is 0. The lowest BCUT2D eigenvalue weighted by Crippen LogP contribution is -2.13. The number of nitrogens with one attached hydrogen (secondary N) is 1. The molecule has 2 aromatic carbocycles. The molecule has 21 heavy (non-hydrogen) atoms. The number of anilines is 2. The third kappa shape index (κ3) is 3.26. The Balaban J connectivity index is 2.33. The molecule has 0 aliphatic carbocycles. The highest BCUT2D eigenvalue weighted by Gasteiger charge is 2.17. The van der Waals surface area contributed by atoms with E-state index in [2.05, 4.69) is 5.32 Å². The Labute approximate surface area is 123 Å². The number of amides is 1. The molecule has 0 bridgehead atoms. The van der Waals surface area contributed by atoms with Crippen LogP contribution in [0.25, 0.3) is 0 Å². The maximum absolute atomic E-state index is 13.3. The molecule has 0 atom stereocenters. The van der Waals surface area contributed by atoms with Gasteiger partial charge in [-0.3, -0.25) is 14.9 Å². The molecule has 0 aromatic heterocycles. The van der Waals surface area contributed by atoms with Gasteiger partial charge in [0.1, 0.15) is 11.5 Å². The van der Waals surface area contributed by atoms with Gasteiger partial charge >= 0.3 is 0 Å². The lowest BCUT2D eigenvalue weighted by molar-refractivity contribution is -0.383. The second-order valence-corrected chi connectivity index (χ2v) is 4.55. The fraction of sp³-hybridized carbons (Fsp3) is 0. The fourth-order valence-corrected chi connectivity index (χ4v) is 1.80. The van der Waals surface area contributed by atoms with Crippen molar-refractivity contribution >= 4 is 34.6 Å². The number of hydrogen-bond donors (Lipinski definition) is 2. The van der Waals surface area contributed by atoms with Crippen LogP contribution in [0.3, 0.4) is 0 Å². The van der Waals surface area contributed by atoms with Gasteiger partial charge in [0, 0.05) is 16.7 Å². The van der Waals surface area contributed by atoms with Crippen LogP contribution in [0.4, 0.5) is 21.5 Å². The molecule has 0 aliphatic heterocycles. The van der Waals surface area contributed by atoms with Gasteiger partial charge in [0.25, 0.3) is 11.6 Å². The van der Waals surface area contributed by atoms with Crippen molar-refractivity contribution in [3.8, 4) is 0 Å². The summed E-state index contributed by atoms with van der Waals surface area (Å²) >= 11 is 5.75. The standard InChI is InChI=1S/C13H9ClFN3O3/c14-8-2-4-12(18(20)21)11(6-8)17-13(19)7-1-3-10(16)9(15)5-7/h1-6H,16H2,(H,17,19). The van der Waals surface area contributed by atoms with E-state index in [-0.39, 0.29) is 27.6 Å². The van der Waals surface area contributed by atoms with Crippen LogP contribution in [0.2, 0.25) is 5.02 Å². The predicted octanol–water partition coefficient (Wildman–Crippen LogP) is 3.22. The van der Waals surface area contributed by atoms with Crippen LogP contribution < -0.4 is 11.1 Å². The second-order valence-electron chi connectivity index (χ2n) is 4.11. The van der Waals surface area contributed by atoms with Crippen molar-refractivity contribution in [2.45, 2.75) is 0 Å². The average molecular weight is 310 g/mol. The van der Waals surface area contributed by atoms with Crippen molar-refractivity contribution < 1.29 is 14.1 Å². The SMILES string of the molecule is Nc1ccc(C(=O)Nc2cc(Cl)ccc2[N+](=O)[O-])cc1F. The van der Waals surface area contributed by atoms with Crippen LogP contribution in [0.5, 0.6) is 0 Å². The van der Waals surface area contributed by atoms with Gasteiger partial charge in [0.15, 0.2) is 0 Å². The topological polar surface area (TPSA) is 98.3 Å². The van der Waals surface area contributed by atoms with E-state index in [1.807, 2.05) is 0 Å². The molecule has 0 fully saturated rings. The van der Waals surface area contributed by atoms with Crippen LogP contribution in [0.15, 0.2) is 36.4 Å². The Morgan fingerprint density at radius 2 is 2.00 bits per heavy atom. The number of nitro groups is 1. The summed E-state index contributed by atoms with van der Waals surface area (Å²) in [6.45, 7) is 0. The molecule has 8 heteroatoms. The van der Waals surface area contributed by atoms with Gasteiger partial charge in [-0.2, -0.15) is 0 Å². The minimum atomic E-state index is -0.747. The van der Waals surface area contributed by atoms with E-state index < -0.39 is 16.6 Å². The van der Waals surface area contributed by atoms with Crippen molar-refractivity contribution in [3.63, 3.8) is 0 Å². The number of hydrogen-bond acceptors (Lipinski definition) is 4. The first kappa shape index (κ1) is 14.7. The monoisotopic (exact) mass is 309 g/mol. The van der Waals surface area contributed by atoms with Crippen LogP contribution in [0, 0.1) is 15.9 Å². The maximum atomic E-state index is 13.3. The molecular formula is C13H9ClFN3O3. The van der Waals surface area contributed by atoms with Gasteiger partial charge in [-0.05, 0) is 30.3 Å². The molecule has 0 unspecified atom stereocenters. The van der Waals surface area contributed by atoms with E-state index in [9.17, 15) is 19.3 Å². The van der Waals surface area contributed by atoms with Gasteiger partial charge < -0.3 is 11.1 Å². The number of nitrogens with two attached hydrogens (primary N) is 1. The molecule has 1 amide bonds. The number of carbonyl (C=O) groups excluding carboxylic acids is 1. The third-order valence-corrected chi connectivity index (χ3v) is 2.90. The molecule has 3 N–H and O–H groups in total. The third-order valence-electron chi connectivity index (χ3n) is 2.67. The molecule has 6 nitrogen and oxygen atoms in total. The Bertz CT molecular complexity index is 737. The number of carbonyl (C=O) groups is 1. The molecular weight excluding hydrogens is 301 g/mol. The Kier molecular flexibility index (Phi) is 4.04. The van der Waals surface area contributed by atoms with Crippen LogP contribution >= 0.6 is 11.6 Å². The molecule has 0 saturated heterocycles. The molecule has 108 valence electrons. The lowest BCUT2D eigenvalue weighted by atomic mass is 10.1. The van der Waals surface area contributed by atoms with Gasteiger partial charge in [-0.1, -0.05) is 11.6 Å². The summed E-state index contributed by atoms with van der Waals surface area (Å²) in [6.07, 6.45) is 0. The number of nitrogens with zero attached hydrogens (tertiary/aromatic N) is 1. The van der Waals surface area contributed by atoms with Gasteiger partial charge in [-0.25, -0.2) is 4.39 Å². The quantitative estimate of drug-likeness (QED) is 0.516. The Morgan fingerprint density at radius 3 is 2.62 bits per heavy atom. The number of halogens is 2. The van der Waals surface area contributed by atoms with E-state index in [1.54, 1.807) is 0 Å². The second kappa shape index (κ2) is 5.76. The highest BCUT2D eigenvalue weighted by molar-refractivity contribution is 6.31. The summed E-state index contributed by atoms with van der Waals surface area (Å²) in [6, 6.07) is 7.23. The number of nitro benzene ring substituents is 1. The van der Waals surface area contributed by atoms with Crippen molar-refractivity contribution in [2.24, 2.45) is 0 Å². The Hall–Kier alpha value is -2.67. The summed E-state index contributed by atoms with van der Waals surface area (Å²) in [5, 5.41) is 13.4. The van der Waals surface area contributed by atoms with E-state index in [4.69, 9.17) is 17.3 Å². The molecule has 0 heterocycles. The highest BCUT2D eigenvalue weighted by atomic mass is 35.5. The van der Waals surface area contributed by atoms with Crippen LogP contribution in [-0.4, -0.2) is 10.8 Å². The number of nitrogen functional groups attached to an aromatic ring is 1. The summed E-state index contributed by atoms with van der Waals surface area (Å²) in [5.74, 6) is -1.46. The molecule has 0 spiro atoms. The fourth-order valence-electron chi connectivity index (χ4n) is 1.63. The first-order valence-electron chi connectivity index (χ1n) is 5.69. The summed E-state index contributed by atoms with van der Waals surface area (Å²) < 4.78 is 13.3. The molecule has 0 radical (unpaired) electrons. The lowest BCUT2D eigenvalue weighted by Gasteiger charge is -2.07. The van der Waals surface area contributed by atoms with Crippen molar-refractivity contribution in [3.05, 3.63) is 62.9 Å². The van der Waals surface area contributed by atoms with Crippen LogP contribution in [-0.2, 0) is 0 Å². The Morgan fingerprint density at radius 1 is 1.29 bits per heavy atom. The molecule has 0 aliphatic rings. The maximum Gasteiger partial charge on any atom is 0.292 e. The minimum absolute atomic E-state index is 0.0176. The molecule has 2 rings (SSSR count).